The van der Waals surface area contributed by atoms with Crippen molar-refractivity contribution in [1.29, 1.82) is 0 Å². The van der Waals surface area contributed by atoms with Crippen LogP contribution in [0.4, 0.5) is 0 Å². The molecule has 0 bridgehead atoms. The van der Waals surface area contributed by atoms with Gasteiger partial charge < -0.3 is 5.73 Å². The van der Waals surface area contributed by atoms with Crippen LogP contribution in [0.25, 0.3) is 0 Å². The Bertz CT molecular complexity index is 278. The summed E-state index contributed by atoms with van der Waals surface area (Å²) in [5.74, 6) is 0. The number of hydrogen-bond acceptors (Lipinski definition) is 2. The Morgan fingerprint density at radius 2 is 2.33 bits per heavy atom. The van der Waals surface area contributed by atoms with Gasteiger partial charge >= 0.3 is 0 Å². The molecule has 1 aliphatic rings. The van der Waals surface area contributed by atoms with Crippen molar-refractivity contribution in [3.63, 3.8) is 0 Å². The Hall–Kier alpha value is 0.140. The van der Waals surface area contributed by atoms with E-state index in [1.165, 1.54) is 22.2 Å². The highest BCUT2D eigenvalue weighted by Gasteiger charge is 2.37. The van der Waals surface area contributed by atoms with E-state index in [1.807, 2.05) is 11.3 Å². The summed E-state index contributed by atoms with van der Waals surface area (Å²) in [6.07, 6.45) is 4.72. The molecule has 12 heavy (non-hydrogen) atoms. The number of aryl methyl sites for hydroxylation is 1. The van der Waals surface area contributed by atoms with E-state index in [1.54, 1.807) is 0 Å². The Morgan fingerprint density at radius 3 is 2.83 bits per heavy atom. The van der Waals surface area contributed by atoms with Crippen molar-refractivity contribution in [3.8, 4) is 0 Å². The van der Waals surface area contributed by atoms with Crippen LogP contribution in [-0.4, -0.2) is 5.54 Å². The molecule has 1 aromatic rings. The van der Waals surface area contributed by atoms with Gasteiger partial charge in [-0.3, -0.25) is 0 Å². The van der Waals surface area contributed by atoms with Gasteiger partial charge in [-0.25, -0.2) is 0 Å². The highest BCUT2D eigenvalue weighted by atomic mass is 79.9. The molecule has 0 radical (unpaired) electrons. The Labute approximate surface area is 85.1 Å². The van der Waals surface area contributed by atoms with Crippen LogP contribution in [0.3, 0.4) is 0 Å². The molecule has 66 valence electrons. The molecule has 0 atom stereocenters. The minimum atomic E-state index is 0.198. The van der Waals surface area contributed by atoms with Crippen LogP contribution < -0.4 is 5.73 Å². The molecule has 1 aromatic heterocycles. The Morgan fingerprint density at radius 1 is 1.58 bits per heavy atom. The second-order valence-corrected chi connectivity index (χ2v) is 5.41. The summed E-state index contributed by atoms with van der Waals surface area (Å²) in [5, 5.41) is 2.12. The van der Waals surface area contributed by atoms with Gasteiger partial charge in [-0.1, -0.05) is 0 Å². The summed E-state index contributed by atoms with van der Waals surface area (Å²) >= 11 is 5.34. The zero-order valence-corrected chi connectivity index (χ0v) is 9.25. The predicted molar refractivity (Wildman–Crippen MR) is 56.5 cm³/mol. The summed E-state index contributed by atoms with van der Waals surface area (Å²) in [6.45, 7) is 0. The highest BCUT2D eigenvalue weighted by Crippen LogP contribution is 2.37. The van der Waals surface area contributed by atoms with Crippen molar-refractivity contribution < 1.29 is 0 Å². The minimum Gasteiger partial charge on any atom is -0.325 e. The van der Waals surface area contributed by atoms with Gasteiger partial charge in [0.2, 0.25) is 0 Å². The predicted octanol–water partition coefficient (Wildman–Crippen LogP) is 2.93. The van der Waals surface area contributed by atoms with Gasteiger partial charge in [0, 0.05) is 14.9 Å². The van der Waals surface area contributed by atoms with Gasteiger partial charge in [0.05, 0.1) is 0 Å². The molecule has 1 nitrogen and oxygen atoms in total. The maximum atomic E-state index is 6.00. The first-order valence-corrected chi connectivity index (χ1v) is 5.88. The third-order valence-electron chi connectivity index (χ3n) is 2.43. The van der Waals surface area contributed by atoms with Gasteiger partial charge in [-0.05, 0) is 53.1 Å². The molecule has 0 unspecified atom stereocenters. The van der Waals surface area contributed by atoms with Crippen LogP contribution in [0.1, 0.15) is 24.1 Å². The lowest BCUT2D eigenvalue weighted by Crippen LogP contribution is -2.21. The second-order valence-electron chi connectivity index (χ2n) is 3.55. The van der Waals surface area contributed by atoms with Crippen molar-refractivity contribution in [2.75, 3.05) is 0 Å². The number of halogens is 1. The first-order chi connectivity index (χ1) is 5.70. The standard InChI is InChI=1S/C9H12BrNS/c10-7-2-6-12-8(7)1-3-9(11)4-5-9/h2,6H,1,3-5,11H2. The number of rotatable bonds is 3. The zero-order chi connectivity index (χ0) is 8.60. The van der Waals surface area contributed by atoms with Crippen molar-refractivity contribution in [3.05, 3.63) is 20.8 Å². The molecule has 3 heteroatoms. The lowest BCUT2D eigenvalue weighted by molar-refractivity contribution is 0.612. The molecule has 0 aliphatic heterocycles. The van der Waals surface area contributed by atoms with E-state index in [2.05, 4.69) is 27.4 Å². The Balaban J connectivity index is 1.91. The third-order valence-corrected chi connectivity index (χ3v) is 4.42. The SMILES string of the molecule is NC1(CCc2sccc2Br)CC1. The fourth-order valence-corrected chi connectivity index (χ4v) is 2.83. The van der Waals surface area contributed by atoms with Crippen LogP contribution in [0, 0.1) is 0 Å². The lowest BCUT2D eigenvalue weighted by atomic mass is 10.1. The average molecular weight is 246 g/mol. The van der Waals surface area contributed by atoms with Gasteiger partial charge in [-0.2, -0.15) is 0 Å². The van der Waals surface area contributed by atoms with E-state index >= 15 is 0 Å². The normalized spacial score (nSPS) is 19.5. The summed E-state index contributed by atoms with van der Waals surface area (Å²) in [7, 11) is 0. The maximum absolute atomic E-state index is 6.00. The van der Waals surface area contributed by atoms with E-state index in [0.717, 1.165) is 12.8 Å². The minimum absolute atomic E-state index is 0.198. The fraction of sp³-hybridized carbons (Fsp3) is 0.556. The first kappa shape index (κ1) is 8.73. The van der Waals surface area contributed by atoms with Crippen LogP contribution in [0.2, 0.25) is 0 Å². The van der Waals surface area contributed by atoms with Crippen LogP contribution >= 0.6 is 27.3 Å². The van der Waals surface area contributed by atoms with Gasteiger partial charge in [0.1, 0.15) is 0 Å². The summed E-state index contributed by atoms with van der Waals surface area (Å²) in [5.41, 5.74) is 6.20. The summed E-state index contributed by atoms with van der Waals surface area (Å²) < 4.78 is 1.25. The summed E-state index contributed by atoms with van der Waals surface area (Å²) in [6, 6.07) is 2.11. The molecular weight excluding hydrogens is 234 g/mol. The van der Waals surface area contributed by atoms with Crippen LogP contribution in [0.5, 0.6) is 0 Å². The van der Waals surface area contributed by atoms with Crippen molar-refractivity contribution in [1.82, 2.24) is 0 Å². The molecule has 1 aliphatic carbocycles. The van der Waals surface area contributed by atoms with E-state index in [4.69, 9.17) is 5.73 Å². The Kier molecular flexibility index (Phi) is 2.27. The smallest absolute Gasteiger partial charge is 0.0314 e. The van der Waals surface area contributed by atoms with Crippen LogP contribution in [-0.2, 0) is 6.42 Å². The van der Waals surface area contributed by atoms with E-state index in [0.29, 0.717) is 0 Å². The van der Waals surface area contributed by atoms with Crippen molar-refractivity contribution >= 4 is 27.3 Å². The fourth-order valence-electron chi connectivity index (χ4n) is 1.28. The second kappa shape index (κ2) is 3.13. The third kappa shape index (κ3) is 1.90. The molecule has 1 saturated carbocycles. The van der Waals surface area contributed by atoms with Gasteiger partial charge in [-0.15, -0.1) is 11.3 Å². The molecule has 0 saturated heterocycles. The number of thiophene rings is 1. The molecule has 0 spiro atoms. The quantitative estimate of drug-likeness (QED) is 0.871. The lowest BCUT2D eigenvalue weighted by Gasteiger charge is -2.06. The molecular formula is C9H12BrNS. The number of hydrogen-bond donors (Lipinski definition) is 1. The van der Waals surface area contributed by atoms with Gasteiger partial charge in [0.25, 0.3) is 0 Å². The van der Waals surface area contributed by atoms with Crippen molar-refractivity contribution in [2.45, 2.75) is 31.2 Å². The first-order valence-electron chi connectivity index (χ1n) is 4.20. The van der Waals surface area contributed by atoms with E-state index < -0.39 is 0 Å². The van der Waals surface area contributed by atoms with E-state index in [9.17, 15) is 0 Å². The van der Waals surface area contributed by atoms with Gasteiger partial charge in [0.15, 0.2) is 0 Å². The monoisotopic (exact) mass is 245 g/mol. The molecule has 0 amide bonds. The zero-order valence-electron chi connectivity index (χ0n) is 6.85. The largest absolute Gasteiger partial charge is 0.325 e. The molecule has 2 rings (SSSR count). The molecule has 0 aromatic carbocycles. The molecule has 1 heterocycles. The number of nitrogens with two attached hydrogens (primary N) is 1. The topological polar surface area (TPSA) is 26.0 Å². The maximum Gasteiger partial charge on any atom is 0.0314 e. The molecule has 2 N–H and O–H groups in total. The van der Waals surface area contributed by atoms with E-state index in [-0.39, 0.29) is 5.54 Å². The highest BCUT2D eigenvalue weighted by molar-refractivity contribution is 9.10. The molecule has 1 fully saturated rings. The average Bonchev–Trinajstić information content (AvgIpc) is 2.61. The van der Waals surface area contributed by atoms with Crippen LogP contribution in [0.15, 0.2) is 15.9 Å². The summed E-state index contributed by atoms with van der Waals surface area (Å²) in [4.78, 5) is 1.44. The van der Waals surface area contributed by atoms with Crippen molar-refractivity contribution in [2.24, 2.45) is 5.73 Å².